The Hall–Kier alpha value is -4.44. The Morgan fingerprint density at radius 2 is 1.84 bits per heavy atom. The number of aliphatic hydroxyl groups excluding tert-OH is 1. The number of thiazole rings is 1. The summed E-state index contributed by atoms with van der Waals surface area (Å²) in [6.07, 6.45) is 0. The van der Waals surface area contributed by atoms with E-state index in [0.717, 1.165) is 11.3 Å². The number of halogens is 1. The van der Waals surface area contributed by atoms with Crippen LogP contribution in [0.4, 0.5) is 9.52 Å². The molecule has 1 saturated heterocycles. The summed E-state index contributed by atoms with van der Waals surface area (Å²) < 4.78 is 30.9. The van der Waals surface area contributed by atoms with Gasteiger partial charge in [-0.05, 0) is 55.5 Å². The zero-order chi connectivity index (χ0) is 27.0. The predicted octanol–water partition coefficient (Wildman–Crippen LogP) is 5.48. The Morgan fingerprint density at radius 1 is 1.08 bits per heavy atom. The molecule has 1 aliphatic heterocycles. The van der Waals surface area contributed by atoms with Crippen LogP contribution >= 0.6 is 11.3 Å². The third-order valence-electron chi connectivity index (χ3n) is 6.16. The maximum Gasteiger partial charge on any atom is 0.301 e. The Balaban J connectivity index is 1.74. The van der Waals surface area contributed by atoms with E-state index in [1.807, 2.05) is 6.92 Å². The van der Waals surface area contributed by atoms with Gasteiger partial charge in [0.2, 0.25) is 0 Å². The summed E-state index contributed by atoms with van der Waals surface area (Å²) in [5.41, 5.74) is 1.06. The minimum atomic E-state index is -1.10. The quantitative estimate of drug-likeness (QED) is 0.191. The van der Waals surface area contributed by atoms with Crippen molar-refractivity contribution in [1.82, 2.24) is 4.98 Å². The molecule has 0 spiro atoms. The van der Waals surface area contributed by atoms with E-state index in [4.69, 9.17) is 14.2 Å². The van der Waals surface area contributed by atoms with Crippen molar-refractivity contribution in [2.45, 2.75) is 13.0 Å². The number of amides is 1. The molecule has 0 bridgehead atoms. The number of anilines is 1. The standard InChI is InChI=1S/C28H23FN2O6S/c1-4-37-17-11-8-15(9-12-17)24(32)22-23(18-6-5-7-20(35-2)26(18)36-3)31(27(34)25(22)33)28-30-19-13-10-16(29)14-21(19)38-28/h5-14,23,32H,4H2,1-3H3/t23-/m0/s1. The molecule has 1 fully saturated rings. The fraction of sp³-hybridized carbons (Fsp3) is 0.179. The monoisotopic (exact) mass is 534 g/mol. The van der Waals surface area contributed by atoms with Gasteiger partial charge in [-0.2, -0.15) is 0 Å². The highest BCUT2D eigenvalue weighted by Crippen LogP contribution is 2.48. The highest BCUT2D eigenvalue weighted by molar-refractivity contribution is 7.22. The van der Waals surface area contributed by atoms with E-state index in [-0.39, 0.29) is 22.2 Å². The van der Waals surface area contributed by atoms with Crippen LogP contribution in [0.2, 0.25) is 0 Å². The predicted molar refractivity (Wildman–Crippen MR) is 142 cm³/mol. The lowest BCUT2D eigenvalue weighted by Crippen LogP contribution is -2.29. The molecule has 1 aliphatic rings. The number of hydrogen-bond acceptors (Lipinski definition) is 8. The first kappa shape index (κ1) is 25.2. The van der Waals surface area contributed by atoms with Crippen LogP contribution in [-0.4, -0.2) is 42.6 Å². The number of aromatic nitrogens is 1. The van der Waals surface area contributed by atoms with Crippen LogP contribution in [0.5, 0.6) is 17.2 Å². The molecule has 2 heterocycles. The van der Waals surface area contributed by atoms with Gasteiger partial charge < -0.3 is 19.3 Å². The van der Waals surface area contributed by atoms with Gasteiger partial charge in [-0.25, -0.2) is 9.37 Å². The summed E-state index contributed by atoms with van der Waals surface area (Å²) in [5, 5.41) is 11.6. The summed E-state index contributed by atoms with van der Waals surface area (Å²) in [6.45, 7) is 2.32. The van der Waals surface area contributed by atoms with Crippen molar-refractivity contribution in [3.63, 3.8) is 0 Å². The summed E-state index contributed by atoms with van der Waals surface area (Å²) in [7, 11) is 2.92. The second-order valence-corrected chi connectivity index (χ2v) is 9.33. The fourth-order valence-electron chi connectivity index (χ4n) is 4.47. The summed E-state index contributed by atoms with van der Waals surface area (Å²) in [5.74, 6) is -1.33. The number of benzene rings is 3. The van der Waals surface area contributed by atoms with Gasteiger partial charge in [0.1, 0.15) is 23.4 Å². The van der Waals surface area contributed by atoms with Crippen molar-refractivity contribution >= 4 is 44.1 Å². The fourth-order valence-corrected chi connectivity index (χ4v) is 5.49. The van der Waals surface area contributed by atoms with Crippen molar-refractivity contribution in [2.24, 2.45) is 0 Å². The van der Waals surface area contributed by atoms with E-state index < -0.39 is 23.5 Å². The second-order valence-electron chi connectivity index (χ2n) is 8.32. The van der Waals surface area contributed by atoms with Gasteiger partial charge in [-0.3, -0.25) is 14.5 Å². The zero-order valence-electron chi connectivity index (χ0n) is 20.7. The Labute approximate surface area is 221 Å². The number of fused-ring (bicyclic) bond motifs is 1. The first-order chi connectivity index (χ1) is 18.4. The SMILES string of the molecule is CCOc1ccc(C(O)=C2C(=O)C(=O)N(c3nc4ccc(F)cc4s3)[C@H]2c2cccc(OC)c2OC)cc1. The van der Waals surface area contributed by atoms with E-state index in [1.165, 1.54) is 37.3 Å². The van der Waals surface area contributed by atoms with Crippen LogP contribution < -0.4 is 19.1 Å². The van der Waals surface area contributed by atoms with Crippen molar-refractivity contribution in [3.8, 4) is 17.2 Å². The first-order valence-electron chi connectivity index (χ1n) is 11.7. The van der Waals surface area contributed by atoms with E-state index >= 15 is 0 Å². The molecule has 38 heavy (non-hydrogen) atoms. The molecule has 1 N–H and O–H groups in total. The molecule has 1 aromatic heterocycles. The molecule has 4 aromatic rings. The molecule has 0 unspecified atom stereocenters. The summed E-state index contributed by atoms with van der Waals surface area (Å²) in [4.78, 5) is 32.7. The van der Waals surface area contributed by atoms with Gasteiger partial charge in [0, 0.05) is 11.1 Å². The smallest absolute Gasteiger partial charge is 0.301 e. The number of para-hydroxylation sites is 1. The normalized spacial score (nSPS) is 16.7. The van der Waals surface area contributed by atoms with E-state index in [9.17, 15) is 19.1 Å². The second kappa shape index (κ2) is 10.1. The van der Waals surface area contributed by atoms with Gasteiger partial charge in [-0.1, -0.05) is 23.5 Å². The van der Waals surface area contributed by atoms with Gasteiger partial charge in [0.25, 0.3) is 5.78 Å². The molecule has 10 heteroatoms. The third-order valence-corrected chi connectivity index (χ3v) is 7.17. The number of hydrogen-bond donors (Lipinski definition) is 1. The van der Waals surface area contributed by atoms with E-state index in [1.54, 1.807) is 42.5 Å². The largest absolute Gasteiger partial charge is 0.507 e. The minimum Gasteiger partial charge on any atom is -0.507 e. The number of nitrogens with zero attached hydrogens (tertiary/aromatic N) is 2. The number of aliphatic hydroxyl groups is 1. The minimum absolute atomic E-state index is 0.142. The lowest BCUT2D eigenvalue weighted by Gasteiger charge is -2.25. The molecule has 194 valence electrons. The van der Waals surface area contributed by atoms with Crippen LogP contribution in [0.15, 0.2) is 66.2 Å². The maximum atomic E-state index is 13.9. The molecular weight excluding hydrogens is 511 g/mol. The van der Waals surface area contributed by atoms with Crippen LogP contribution in [0.3, 0.4) is 0 Å². The number of carbonyl (C=O) groups excluding carboxylic acids is 2. The molecular formula is C28H23FN2O6S. The molecule has 1 amide bonds. The van der Waals surface area contributed by atoms with E-state index in [2.05, 4.69) is 4.98 Å². The number of ether oxygens (including phenoxy) is 3. The summed E-state index contributed by atoms with van der Waals surface area (Å²) >= 11 is 1.06. The number of methoxy groups -OCH3 is 2. The van der Waals surface area contributed by atoms with Gasteiger partial charge in [0.15, 0.2) is 16.6 Å². The number of rotatable bonds is 7. The van der Waals surface area contributed by atoms with Crippen molar-refractivity contribution < 1.29 is 33.3 Å². The van der Waals surface area contributed by atoms with Crippen LogP contribution in [0.25, 0.3) is 16.0 Å². The topological polar surface area (TPSA) is 98.2 Å². The third kappa shape index (κ3) is 4.22. The number of ketones is 1. The Morgan fingerprint density at radius 3 is 2.53 bits per heavy atom. The van der Waals surface area contributed by atoms with Gasteiger partial charge in [0.05, 0.1) is 36.6 Å². The average Bonchev–Trinajstić information content (AvgIpc) is 3.45. The van der Waals surface area contributed by atoms with Crippen LogP contribution in [-0.2, 0) is 9.59 Å². The Bertz CT molecular complexity index is 1580. The van der Waals surface area contributed by atoms with Crippen LogP contribution in [0, 0.1) is 5.82 Å². The molecule has 8 nitrogen and oxygen atoms in total. The molecule has 5 rings (SSSR count). The summed E-state index contributed by atoms with van der Waals surface area (Å²) in [6, 6.07) is 14.6. The van der Waals surface area contributed by atoms with Crippen molar-refractivity contribution in [1.29, 1.82) is 0 Å². The van der Waals surface area contributed by atoms with Gasteiger partial charge in [-0.15, -0.1) is 0 Å². The molecule has 0 aliphatic carbocycles. The molecule has 0 saturated carbocycles. The zero-order valence-corrected chi connectivity index (χ0v) is 21.5. The average molecular weight is 535 g/mol. The lowest BCUT2D eigenvalue weighted by molar-refractivity contribution is -0.132. The van der Waals surface area contributed by atoms with Crippen LogP contribution in [0.1, 0.15) is 24.1 Å². The van der Waals surface area contributed by atoms with E-state index in [0.29, 0.717) is 39.4 Å². The molecule has 0 radical (unpaired) electrons. The first-order valence-corrected chi connectivity index (χ1v) is 12.5. The lowest BCUT2D eigenvalue weighted by atomic mass is 9.94. The molecule has 3 aromatic carbocycles. The Kier molecular flexibility index (Phi) is 6.73. The van der Waals surface area contributed by atoms with Gasteiger partial charge >= 0.3 is 5.91 Å². The number of Topliss-reactive ketones (excluding diaryl/α,β-unsaturated/α-hetero) is 1. The van der Waals surface area contributed by atoms with Crippen molar-refractivity contribution in [3.05, 3.63) is 83.2 Å². The maximum absolute atomic E-state index is 13.9. The van der Waals surface area contributed by atoms with Crippen molar-refractivity contribution in [2.75, 3.05) is 25.7 Å². The highest BCUT2D eigenvalue weighted by Gasteiger charge is 2.49. The number of carbonyl (C=O) groups is 2. The highest BCUT2D eigenvalue weighted by atomic mass is 32.1. The molecule has 1 atom stereocenters.